The minimum atomic E-state index is -0.464. The topological polar surface area (TPSA) is 23.5 Å². The molecule has 1 aliphatic rings. The molecule has 0 radical (unpaired) electrons. The molecule has 0 aromatic heterocycles. The quantitative estimate of drug-likeness (QED) is 0.832. The summed E-state index contributed by atoms with van der Waals surface area (Å²) in [6.45, 7) is 6.96. The van der Waals surface area contributed by atoms with Crippen molar-refractivity contribution < 1.29 is 5.11 Å². The van der Waals surface area contributed by atoms with Crippen molar-refractivity contribution in [3.8, 4) is 0 Å². The largest absolute Gasteiger partial charge is 0.389 e. The molecule has 1 aliphatic heterocycles. The lowest BCUT2D eigenvalue weighted by molar-refractivity contribution is 0.0696. The van der Waals surface area contributed by atoms with E-state index < -0.39 is 5.60 Å². The van der Waals surface area contributed by atoms with Crippen molar-refractivity contribution in [3.63, 3.8) is 0 Å². The fourth-order valence-corrected chi connectivity index (χ4v) is 3.07. The molecular weight excluding hydrogens is 230 g/mol. The Labute approximate surface area is 108 Å². The second-order valence-electron chi connectivity index (χ2n) is 5.18. The first kappa shape index (κ1) is 12.9. The molecule has 17 heavy (non-hydrogen) atoms. The third-order valence-electron chi connectivity index (χ3n) is 3.23. The van der Waals surface area contributed by atoms with E-state index in [0.29, 0.717) is 0 Å². The number of thioether (sulfide) groups is 1. The molecule has 2 rings (SSSR count). The Hall–Kier alpha value is -0.510. The van der Waals surface area contributed by atoms with Crippen LogP contribution < -0.4 is 0 Å². The molecule has 0 bridgehead atoms. The maximum Gasteiger partial charge on any atom is 0.0758 e. The molecule has 0 amide bonds. The van der Waals surface area contributed by atoms with Gasteiger partial charge in [-0.05, 0) is 32.4 Å². The molecule has 1 N–H and O–H groups in total. The Kier molecular flexibility index (Phi) is 4.13. The molecule has 1 saturated heterocycles. The number of hydrogen-bond donors (Lipinski definition) is 1. The van der Waals surface area contributed by atoms with E-state index in [0.717, 1.165) is 31.8 Å². The molecule has 0 saturated carbocycles. The SMILES string of the molecule is Cc1ccc(SCCN2CCC(C)(O)C2)cc1. The normalized spacial score (nSPS) is 25.4. The number of β-amino-alcohol motifs (C(OH)–C–C–N with tert-alkyl or cyclic N) is 1. The van der Waals surface area contributed by atoms with E-state index in [2.05, 4.69) is 36.1 Å². The molecule has 1 heterocycles. The zero-order chi connectivity index (χ0) is 12.3. The average Bonchev–Trinajstić information content (AvgIpc) is 2.61. The number of rotatable bonds is 4. The van der Waals surface area contributed by atoms with Crippen molar-refractivity contribution in [2.75, 3.05) is 25.4 Å². The molecule has 1 atom stereocenters. The Morgan fingerprint density at radius 1 is 1.35 bits per heavy atom. The first-order valence-corrected chi connectivity index (χ1v) is 7.18. The third kappa shape index (κ3) is 4.02. The van der Waals surface area contributed by atoms with E-state index >= 15 is 0 Å². The van der Waals surface area contributed by atoms with Crippen molar-refractivity contribution in [1.29, 1.82) is 0 Å². The fraction of sp³-hybridized carbons (Fsp3) is 0.571. The smallest absolute Gasteiger partial charge is 0.0758 e. The van der Waals surface area contributed by atoms with Crippen LogP contribution in [-0.2, 0) is 0 Å². The predicted octanol–water partition coefficient (Wildman–Crippen LogP) is 2.54. The summed E-state index contributed by atoms with van der Waals surface area (Å²) < 4.78 is 0. The van der Waals surface area contributed by atoms with Crippen LogP contribution in [0.25, 0.3) is 0 Å². The Bertz CT molecular complexity index is 361. The maximum absolute atomic E-state index is 9.86. The molecule has 94 valence electrons. The van der Waals surface area contributed by atoms with Gasteiger partial charge in [-0.1, -0.05) is 17.7 Å². The summed E-state index contributed by atoms with van der Waals surface area (Å²) in [4.78, 5) is 3.68. The summed E-state index contributed by atoms with van der Waals surface area (Å²) in [5.74, 6) is 1.10. The van der Waals surface area contributed by atoms with Gasteiger partial charge < -0.3 is 5.11 Å². The number of nitrogens with zero attached hydrogens (tertiary/aromatic N) is 1. The number of likely N-dealkylation sites (tertiary alicyclic amines) is 1. The Morgan fingerprint density at radius 2 is 2.06 bits per heavy atom. The molecule has 1 unspecified atom stereocenters. The second kappa shape index (κ2) is 5.42. The highest BCUT2D eigenvalue weighted by molar-refractivity contribution is 7.99. The fourth-order valence-electron chi connectivity index (χ4n) is 2.16. The van der Waals surface area contributed by atoms with Gasteiger partial charge in [0, 0.05) is 30.3 Å². The number of hydrogen-bond acceptors (Lipinski definition) is 3. The van der Waals surface area contributed by atoms with Gasteiger partial charge in [-0.3, -0.25) is 4.90 Å². The van der Waals surface area contributed by atoms with E-state index in [-0.39, 0.29) is 0 Å². The Balaban J connectivity index is 1.71. The van der Waals surface area contributed by atoms with Gasteiger partial charge in [0.2, 0.25) is 0 Å². The van der Waals surface area contributed by atoms with Crippen molar-refractivity contribution in [3.05, 3.63) is 29.8 Å². The molecule has 1 aromatic carbocycles. The molecule has 2 nitrogen and oxygen atoms in total. The number of aryl methyl sites for hydroxylation is 1. The molecule has 0 aliphatic carbocycles. The highest BCUT2D eigenvalue weighted by Crippen LogP contribution is 2.22. The lowest BCUT2D eigenvalue weighted by Gasteiger charge is -2.18. The van der Waals surface area contributed by atoms with E-state index in [9.17, 15) is 5.11 Å². The summed E-state index contributed by atoms with van der Waals surface area (Å²) in [7, 11) is 0. The standard InChI is InChI=1S/C14H21NOS/c1-12-3-5-13(6-4-12)17-10-9-15-8-7-14(2,16)11-15/h3-6,16H,7-11H2,1-2H3. The molecule has 0 spiro atoms. The number of benzene rings is 1. The van der Waals surface area contributed by atoms with Crippen LogP contribution in [0.4, 0.5) is 0 Å². The summed E-state index contributed by atoms with van der Waals surface area (Å²) in [5, 5.41) is 9.86. The minimum absolute atomic E-state index is 0.464. The van der Waals surface area contributed by atoms with Crippen LogP contribution in [0, 0.1) is 6.92 Å². The van der Waals surface area contributed by atoms with Crippen molar-refractivity contribution >= 4 is 11.8 Å². The van der Waals surface area contributed by atoms with Gasteiger partial charge in [-0.2, -0.15) is 0 Å². The molecular formula is C14H21NOS. The highest BCUT2D eigenvalue weighted by atomic mass is 32.2. The van der Waals surface area contributed by atoms with Gasteiger partial charge in [0.25, 0.3) is 0 Å². The van der Waals surface area contributed by atoms with Crippen LogP contribution in [0.5, 0.6) is 0 Å². The molecule has 1 aromatic rings. The third-order valence-corrected chi connectivity index (χ3v) is 4.22. The van der Waals surface area contributed by atoms with Gasteiger partial charge in [0.1, 0.15) is 0 Å². The van der Waals surface area contributed by atoms with Crippen LogP contribution >= 0.6 is 11.8 Å². The zero-order valence-corrected chi connectivity index (χ0v) is 11.5. The van der Waals surface area contributed by atoms with Gasteiger partial charge in [-0.15, -0.1) is 11.8 Å². The van der Waals surface area contributed by atoms with E-state index in [1.54, 1.807) is 0 Å². The van der Waals surface area contributed by atoms with E-state index in [1.165, 1.54) is 10.5 Å². The van der Waals surface area contributed by atoms with Crippen LogP contribution in [0.1, 0.15) is 18.9 Å². The predicted molar refractivity (Wildman–Crippen MR) is 73.6 cm³/mol. The van der Waals surface area contributed by atoms with Gasteiger partial charge >= 0.3 is 0 Å². The lowest BCUT2D eigenvalue weighted by atomic mass is 10.1. The summed E-state index contributed by atoms with van der Waals surface area (Å²) >= 11 is 1.89. The molecule has 1 fully saturated rings. The van der Waals surface area contributed by atoms with Crippen LogP contribution in [-0.4, -0.2) is 41.0 Å². The first-order chi connectivity index (χ1) is 8.05. The van der Waals surface area contributed by atoms with Gasteiger partial charge in [0.05, 0.1) is 5.60 Å². The minimum Gasteiger partial charge on any atom is -0.389 e. The van der Waals surface area contributed by atoms with Gasteiger partial charge in [0.15, 0.2) is 0 Å². The number of aliphatic hydroxyl groups is 1. The Morgan fingerprint density at radius 3 is 2.65 bits per heavy atom. The van der Waals surface area contributed by atoms with Crippen molar-refractivity contribution in [2.24, 2.45) is 0 Å². The van der Waals surface area contributed by atoms with E-state index in [4.69, 9.17) is 0 Å². The summed E-state index contributed by atoms with van der Waals surface area (Å²) in [6, 6.07) is 8.67. The monoisotopic (exact) mass is 251 g/mol. The first-order valence-electron chi connectivity index (χ1n) is 6.19. The summed E-state index contributed by atoms with van der Waals surface area (Å²) in [5.41, 5.74) is 0.846. The van der Waals surface area contributed by atoms with Crippen molar-refractivity contribution in [1.82, 2.24) is 4.90 Å². The summed E-state index contributed by atoms with van der Waals surface area (Å²) in [6.07, 6.45) is 0.905. The van der Waals surface area contributed by atoms with E-state index in [1.807, 2.05) is 18.7 Å². The van der Waals surface area contributed by atoms with Crippen LogP contribution in [0.3, 0.4) is 0 Å². The maximum atomic E-state index is 9.86. The molecule has 3 heteroatoms. The van der Waals surface area contributed by atoms with Gasteiger partial charge in [-0.25, -0.2) is 0 Å². The van der Waals surface area contributed by atoms with Crippen molar-refractivity contribution in [2.45, 2.75) is 30.8 Å². The van der Waals surface area contributed by atoms with Crippen LogP contribution in [0.15, 0.2) is 29.2 Å². The zero-order valence-electron chi connectivity index (χ0n) is 10.6. The average molecular weight is 251 g/mol. The second-order valence-corrected chi connectivity index (χ2v) is 6.35. The van der Waals surface area contributed by atoms with Crippen LogP contribution in [0.2, 0.25) is 0 Å². The lowest BCUT2D eigenvalue weighted by Crippen LogP contribution is -2.30. The highest BCUT2D eigenvalue weighted by Gasteiger charge is 2.30.